The molecule has 0 aliphatic rings. The van der Waals surface area contributed by atoms with Gasteiger partial charge < -0.3 is 10.1 Å². The lowest BCUT2D eigenvalue weighted by molar-refractivity contribution is 0.279. The first-order valence-electron chi connectivity index (χ1n) is 6.66. The Balaban J connectivity index is 1.95. The summed E-state index contributed by atoms with van der Waals surface area (Å²) < 4.78 is 19.6. The second kappa shape index (κ2) is 7.36. The van der Waals surface area contributed by atoms with Crippen LogP contribution in [0.25, 0.3) is 0 Å². The van der Waals surface area contributed by atoms with Gasteiger partial charge in [-0.25, -0.2) is 9.37 Å². The Labute approximate surface area is 122 Å². The number of rotatable bonds is 7. The van der Waals surface area contributed by atoms with Gasteiger partial charge in [-0.15, -0.1) is 11.3 Å². The number of aromatic nitrogens is 1. The van der Waals surface area contributed by atoms with Gasteiger partial charge in [0.25, 0.3) is 5.88 Å². The summed E-state index contributed by atoms with van der Waals surface area (Å²) in [6, 6.07) is 5.58. The largest absolute Gasteiger partial charge is 0.470 e. The van der Waals surface area contributed by atoms with Gasteiger partial charge in [-0.1, -0.05) is 19.9 Å². The van der Waals surface area contributed by atoms with Crippen molar-refractivity contribution in [2.24, 2.45) is 5.92 Å². The van der Waals surface area contributed by atoms with Gasteiger partial charge in [0.05, 0.1) is 0 Å². The number of nitrogens with one attached hydrogen (secondary N) is 1. The smallest absolute Gasteiger partial charge is 0.251 e. The molecule has 0 atom stereocenters. The highest BCUT2D eigenvalue weighted by molar-refractivity contribution is 7.09. The van der Waals surface area contributed by atoms with Gasteiger partial charge in [0, 0.05) is 23.2 Å². The fourth-order valence-electron chi connectivity index (χ4n) is 1.73. The maximum Gasteiger partial charge on any atom is 0.251 e. The van der Waals surface area contributed by atoms with Gasteiger partial charge in [0.15, 0.2) is 5.82 Å². The van der Waals surface area contributed by atoms with Crippen LogP contribution in [0.2, 0.25) is 0 Å². The van der Waals surface area contributed by atoms with Crippen molar-refractivity contribution in [3.05, 3.63) is 46.0 Å². The van der Waals surface area contributed by atoms with Gasteiger partial charge >= 0.3 is 0 Å². The lowest BCUT2D eigenvalue weighted by Crippen LogP contribution is -2.19. The molecule has 1 N–H and O–H groups in total. The van der Waals surface area contributed by atoms with Crippen LogP contribution in [0.15, 0.2) is 29.8 Å². The average Bonchev–Trinajstić information content (AvgIpc) is 2.92. The molecule has 0 amide bonds. The molecular formula is C15H19FN2OS. The van der Waals surface area contributed by atoms with E-state index in [0.717, 1.165) is 11.4 Å². The van der Waals surface area contributed by atoms with Crippen LogP contribution in [0.1, 0.15) is 24.3 Å². The standard InChI is InChI=1S/C15H19FN2OS/c1-11(2)8-17-9-12-5-6-18-15(14(12)16)19-10-13-4-3-7-20-13/h3-7,11,17H,8-10H2,1-2H3. The number of nitrogens with zero attached hydrogens (tertiary/aromatic N) is 1. The molecule has 0 saturated carbocycles. The zero-order chi connectivity index (χ0) is 14.4. The van der Waals surface area contributed by atoms with Crippen molar-refractivity contribution < 1.29 is 9.13 Å². The molecule has 0 aliphatic carbocycles. The Morgan fingerprint density at radius 1 is 1.40 bits per heavy atom. The Morgan fingerprint density at radius 2 is 2.25 bits per heavy atom. The van der Waals surface area contributed by atoms with Gasteiger partial charge in [0.1, 0.15) is 6.61 Å². The molecule has 5 heteroatoms. The maximum absolute atomic E-state index is 14.2. The SMILES string of the molecule is CC(C)CNCc1ccnc(OCc2cccs2)c1F. The molecule has 0 spiro atoms. The first-order valence-corrected chi connectivity index (χ1v) is 7.54. The molecular weight excluding hydrogens is 275 g/mol. The second-order valence-electron chi connectivity index (χ2n) is 4.98. The van der Waals surface area contributed by atoms with Crippen LogP contribution in [-0.2, 0) is 13.2 Å². The van der Waals surface area contributed by atoms with E-state index in [9.17, 15) is 4.39 Å². The van der Waals surface area contributed by atoms with E-state index < -0.39 is 0 Å². The van der Waals surface area contributed by atoms with E-state index in [-0.39, 0.29) is 11.7 Å². The summed E-state index contributed by atoms with van der Waals surface area (Å²) in [6.45, 7) is 5.93. The van der Waals surface area contributed by atoms with E-state index in [1.165, 1.54) is 0 Å². The van der Waals surface area contributed by atoms with E-state index in [4.69, 9.17) is 4.74 Å². The van der Waals surface area contributed by atoms with E-state index in [0.29, 0.717) is 24.6 Å². The number of hydrogen-bond donors (Lipinski definition) is 1. The molecule has 0 fully saturated rings. The summed E-state index contributed by atoms with van der Waals surface area (Å²) in [5.41, 5.74) is 0.585. The molecule has 20 heavy (non-hydrogen) atoms. The minimum Gasteiger partial charge on any atom is -0.470 e. The summed E-state index contributed by atoms with van der Waals surface area (Å²) in [7, 11) is 0. The summed E-state index contributed by atoms with van der Waals surface area (Å²) in [5.74, 6) is 0.233. The average molecular weight is 294 g/mol. The van der Waals surface area contributed by atoms with Crippen LogP contribution in [-0.4, -0.2) is 11.5 Å². The van der Waals surface area contributed by atoms with Crippen LogP contribution >= 0.6 is 11.3 Å². The lowest BCUT2D eigenvalue weighted by atomic mass is 10.2. The lowest BCUT2D eigenvalue weighted by Gasteiger charge is -2.10. The highest BCUT2D eigenvalue weighted by Gasteiger charge is 2.11. The van der Waals surface area contributed by atoms with E-state index in [1.807, 2.05) is 17.5 Å². The number of thiophene rings is 1. The number of hydrogen-bond acceptors (Lipinski definition) is 4. The molecule has 0 radical (unpaired) electrons. The summed E-state index contributed by atoms with van der Waals surface area (Å²) in [5, 5.41) is 5.18. The van der Waals surface area contributed by atoms with Crippen LogP contribution in [0.4, 0.5) is 4.39 Å². The quantitative estimate of drug-likeness (QED) is 0.847. The summed E-state index contributed by atoms with van der Waals surface area (Å²) >= 11 is 1.58. The maximum atomic E-state index is 14.2. The second-order valence-corrected chi connectivity index (χ2v) is 6.01. The Bertz CT molecular complexity index is 529. The van der Waals surface area contributed by atoms with Crippen molar-refractivity contribution in [3.63, 3.8) is 0 Å². The first-order chi connectivity index (χ1) is 9.66. The van der Waals surface area contributed by atoms with Gasteiger partial charge in [-0.2, -0.15) is 0 Å². The topological polar surface area (TPSA) is 34.2 Å². The third kappa shape index (κ3) is 4.28. The fourth-order valence-corrected chi connectivity index (χ4v) is 2.35. The van der Waals surface area contributed by atoms with Crippen LogP contribution in [0.3, 0.4) is 0 Å². The summed E-state index contributed by atoms with van der Waals surface area (Å²) in [4.78, 5) is 5.01. The van der Waals surface area contributed by atoms with Crippen LogP contribution < -0.4 is 10.1 Å². The van der Waals surface area contributed by atoms with Crippen molar-refractivity contribution in [2.75, 3.05) is 6.54 Å². The first kappa shape index (κ1) is 14.9. The Morgan fingerprint density at radius 3 is 2.95 bits per heavy atom. The predicted molar refractivity (Wildman–Crippen MR) is 79.4 cm³/mol. The predicted octanol–water partition coefficient (Wildman–Crippen LogP) is 3.61. The van der Waals surface area contributed by atoms with E-state index in [1.54, 1.807) is 23.6 Å². The molecule has 3 nitrogen and oxygen atoms in total. The van der Waals surface area contributed by atoms with Crippen LogP contribution in [0.5, 0.6) is 5.88 Å². The van der Waals surface area contributed by atoms with Crippen molar-refractivity contribution in [1.82, 2.24) is 10.3 Å². The highest BCUT2D eigenvalue weighted by atomic mass is 32.1. The molecule has 0 aromatic carbocycles. The number of ether oxygens (including phenoxy) is 1. The van der Waals surface area contributed by atoms with Crippen LogP contribution in [0, 0.1) is 11.7 Å². The minimum absolute atomic E-state index is 0.0715. The van der Waals surface area contributed by atoms with Crippen molar-refractivity contribution in [3.8, 4) is 5.88 Å². The Hall–Kier alpha value is -1.46. The highest BCUT2D eigenvalue weighted by Crippen LogP contribution is 2.19. The number of pyridine rings is 1. The zero-order valence-corrected chi connectivity index (χ0v) is 12.5. The third-order valence-electron chi connectivity index (χ3n) is 2.74. The molecule has 0 saturated heterocycles. The zero-order valence-electron chi connectivity index (χ0n) is 11.7. The molecule has 2 rings (SSSR count). The summed E-state index contributed by atoms with van der Waals surface area (Å²) in [6.07, 6.45) is 1.58. The monoisotopic (exact) mass is 294 g/mol. The third-order valence-corrected chi connectivity index (χ3v) is 3.59. The fraction of sp³-hybridized carbons (Fsp3) is 0.400. The van der Waals surface area contributed by atoms with Gasteiger partial charge in [0.2, 0.25) is 0 Å². The van der Waals surface area contributed by atoms with Gasteiger partial charge in [-0.05, 0) is 30.0 Å². The Kier molecular flexibility index (Phi) is 5.49. The normalized spacial score (nSPS) is 11.0. The molecule has 0 bridgehead atoms. The van der Waals surface area contributed by atoms with Gasteiger partial charge in [-0.3, -0.25) is 0 Å². The molecule has 0 unspecified atom stereocenters. The molecule has 2 aromatic heterocycles. The van der Waals surface area contributed by atoms with E-state index >= 15 is 0 Å². The van der Waals surface area contributed by atoms with Crippen molar-refractivity contribution in [2.45, 2.75) is 27.0 Å². The number of halogens is 1. The molecule has 2 aromatic rings. The van der Waals surface area contributed by atoms with Crippen molar-refractivity contribution in [1.29, 1.82) is 0 Å². The minimum atomic E-state index is -0.375. The van der Waals surface area contributed by atoms with Crippen molar-refractivity contribution >= 4 is 11.3 Å². The molecule has 2 heterocycles. The molecule has 0 aliphatic heterocycles. The van der Waals surface area contributed by atoms with E-state index in [2.05, 4.69) is 24.1 Å². The molecule has 108 valence electrons.